The predicted octanol–water partition coefficient (Wildman–Crippen LogP) is 1.08. The first-order chi connectivity index (χ1) is 7.24. The lowest BCUT2D eigenvalue weighted by molar-refractivity contribution is -0.120. The molecule has 2 unspecified atom stereocenters. The van der Waals surface area contributed by atoms with Crippen molar-refractivity contribution in [2.24, 2.45) is 11.7 Å². The van der Waals surface area contributed by atoms with Crippen LogP contribution in [0.5, 0.6) is 0 Å². The van der Waals surface area contributed by atoms with Crippen molar-refractivity contribution in [1.29, 1.82) is 0 Å². The van der Waals surface area contributed by atoms with Crippen molar-refractivity contribution in [2.75, 3.05) is 19.7 Å². The quantitative estimate of drug-likeness (QED) is 0.718. The Labute approximate surface area is 104 Å². The van der Waals surface area contributed by atoms with Crippen molar-refractivity contribution in [3.8, 4) is 0 Å². The monoisotopic (exact) mass is 250 g/mol. The van der Waals surface area contributed by atoms with Crippen LogP contribution in [0.25, 0.3) is 0 Å². The molecule has 4 nitrogen and oxygen atoms in total. The fraction of sp³-hybridized carbons (Fsp3) is 0.909. The number of carbonyl (C=O) groups excluding carboxylic acids is 1. The SMILES string of the molecule is CC1CCCCC1OCCNC(=O)CN.Cl. The number of nitrogens with one attached hydrogen (secondary N) is 1. The maximum Gasteiger partial charge on any atom is 0.233 e. The van der Waals surface area contributed by atoms with E-state index in [1.54, 1.807) is 0 Å². The van der Waals surface area contributed by atoms with Crippen molar-refractivity contribution in [3.05, 3.63) is 0 Å². The molecule has 1 amide bonds. The Kier molecular flexibility index (Phi) is 8.61. The van der Waals surface area contributed by atoms with Gasteiger partial charge in [-0.2, -0.15) is 0 Å². The largest absolute Gasteiger partial charge is 0.376 e. The summed E-state index contributed by atoms with van der Waals surface area (Å²) in [6, 6.07) is 0. The van der Waals surface area contributed by atoms with Gasteiger partial charge in [-0.05, 0) is 18.8 Å². The average Bonchev–Trinajstić information content (AvgIpc) is 2.26. The first-order valence-corrected chi connectivity index (χ1v) is 5.82. The average molecular weight is 251 g/mol. The lowest BCUT2D eigenvalue weighted by Crippen LogP contribution is -2.34. The summed E-state index contributed by atoms with van der Waals surface area (Å²) in [4.78, 5) is 10.8. The molecule has 0 radical (unpaired) electrons. The molecule has 0 heterocycles. The van der Waals surface area contributed by atoms with E-state index in [4.69, 9.17) is 10.5 Å². The first kappa shape index (κ1) is 15.7. The normalized spacial score (nSPS) is 24.6. The van der Waals surface area contributed by atoms with Gasteiger partial charge < -0.3 is 15.8 Å². The third-order valence-electron chi connectivity index (χ3n) is 2.97. The molecule has 0 saturated heterocycles. The van der Waals surface area contributed by atoms with Gasteiger partial charge in [-0.25, -0.2) is 0 Å². The number of hydrogen-bond acceptors (Lipinski definition) is 3. The molecule has 16 heavy (non-hydrogen) atoms. The Hall–Kier alpha value is -0.320. The minimum Gasteiger partial charge on any atom is -0.376 e. The van der Waals surface area contributed by atoms with Crippen LogP contribution in [0.15, 0.2) is 0 Å². The zero-order valence-corrected chi connectivity index (χ0v) is 10.7. The summed E-state index contributed by atoms with van der Waals surface area (Å²) in [5.41, 5.74) is 5.17. The highest BCUT2D eigenvalue weighted by molar-refractivity contribution is 5.85. The second-order valence-electron chi connectivity index (χ2n) is 4.23. The Morgan fingerprint density at radius 3 is 2.75 bits per heavy atom. The van der Waals surface area contributed by atoms with E-state index < -0.39 is 0 Å². The Bertz CT molecular complexity index is 202. The molecule has 2 atom stereocenters. The van der Waals surface area contributed by atoms with Gasteiger partial charge in [0.25, 0.3) is 0 Å². The molecule has 1 saturated carbocycles. The summed E-state index contributed by atoms with van der Waals surface area (Å²) in [7, 11) is 0. The van der Waals surface area contributed by atoms with Gasteiger partial charge >= 0.3 is 0 Å². The fourth-order valence-electron chi connectivity index (χ4n) is 2.00. The molecule has 1 fully saturated rings. The summed E-state index contributed by atoms with van der Waals surface area (Å²) < 4.78 is 5.73. The summed E-state index contributed by atoms with van der Waals surface area (Å²) >= 11 is 0. The number of amides is 1. The lowest BCUT2D eigenvalue weighted by Gasteiger charge is -2.28. The minimum absolute atomic E-state index is 0. The van der Waals surface area contributed by atoms with Gasteiger partial charge in [0.15, 0.2) is 0 Å². The van der Waals surface area contributed by atoms with Crippen molar-refractivity contribution in [2.45, 2.75) is 38.7 Å². The Balaban J connectivity index is 0.00000225. The van der Waals surface area contributed by atoms with E-state index in [9.17, 15) is 4.79 Å². The maximum absolute atomic E-state index is 10.8. The highest BCUT2D eigenvalue weighted by Crippen LogP contribution is 2.25. The summed E-state index contributed by atoms with van der Waals surface area (Å²) in [5, 5.41) is 2.70. The van der Waals surface area contributed by atoms with Crippen LogP contribution in [-0.2, 0) is 9.53 Å². The summed E-state index contributed by atoms with van der Waals surface area (Å²) in [6.45, 7) is 3.46. The minimum atomic E-state index is -0.115. The van der Waals surface area contributed by atoms with E-state index in [2.05, 4.69) is 12.2 Å². The predicted molar refractivity (Wildman–Crippen MR) is 66.7 cm³/mol. The van der Waals surface area contributed by atoms with Crippen molar-refractivity contribution in [1.82, 2.24) is 5.32 Å². The number of hydrogen-bond donors (Lipinski definition) is 2. The van der Waals surface area contributed by atoms with Gasteiger partial charge in [0.05, 0.1) is 19.3 Å². The molecule has 0 aromatic heterocycles. The number of rotatable bonds is 5. The molecule has 0 aromatic carbocycles. The van der Waals surface area contributed by atoms with Gasteiger partial charge in [0, 0.05) is 6.54 Å². The molecule has 0 bridgehead atoms. The van der Waals surface area contributed by atoms with Crippen molar-refractivity contribution in [3.63, 3.8) is 0 Å². The molecule has 96 valence electrons. The maximum atomic E-state index is 10.8. The summed E-state index contributed by atoms with van der Waals surface area (Å²) in [6.07, 6.45) is 5.40. The summed E-state index contributed by atoms with van der Waals surface area (Å²) in [5.74, 6) is 0.541. The van der Waals surface area contributed by atoms with E-state index in [0.29, 0.717) is 25.2 Å². The van der Waals surface area contributed by atoms with Crippen LogP contribution < -0.4 is 11.1 Å². The molecule has 1 aliphatic rings. The molecule has 0 aliphatic heterocycles. The number of halogens is 1. The first-order valence-electron chi connectivity index (χ1n) is 5.82. The second kappa shape index (κ2) is 8.79. The van der Waals surface area contributed by atoms with Crippen molar-refractivity contribution < 1.29 is 9.53 Å². The zero-order valence-electron chi connectivity index (χ0n) is 9.91. The number of carbonyl (C=O) groups is 1. The Morgan fingerprint density at radius 2 is 2.12 bits per heavy atom. The highest BCUT2D eigenvalue weighted by atomic mass is 35.5. The molecule has 0 spiro atoms. The molecular formula is C11H23ClN2O2. The molecule has 3 N–H and O–H groups in total. The van der Waals surface area contributed by atoms with E-state index in [-0.39, 0.29) is 24.9 Å². The second-order valence-corrected chi connectivity index (χ2v) is 4.23. The van der Waals surface area contributed by atoms with E-state index in [1.165, 1.54) is 19.3 Å². The Morgan fingerprint density at radius 1 is 1.44 bits per heavy atom. The van der Waals surface area contributed by atoms with E-state index in [1.807, 2.05) is 0 Å². The molecular weight excluding hydrogens is 228 g/mol. The standard InChI is InChI=1S/C11H22N2O2.ClH/c1-9-4-2-3-5-10(9)15-7-6-13-11(14)8-12;/h9-10H,2-8,12H2,1H3,(H,13,14);1H. The third-order valence-corrected chi connectivity index (χ3v) is 2.97. The molecule has 0 aromatic rings. The number of nitrogens with two attached hydrogens (primary N) is 1. The lowest BCUT2D eigenvalue weighted by atomic mass is 9.88. The molecule has 1 rings (SSSR count). The van der Waals surface area contributed by atoms with Crippen molar-refractivity contribution >= 4 is 18.3 Å². The van der Waals surface area contributed by atoms with Gasteiger partial charge in [-0.1, -0.05) is 19.8 Å². The van der Waals surface area contributed by atoms with Gasteiger partial charge in [0.2, 0.25) is 5.91 Å². The molecule has 5 heteroatoms. The van der Waals surface area contributed by atoms with Gasteiger partial charge in [-0.3, -0.25) is 4.79 Å². The smallest absolute Gasteiger partial charge is 0.233 e. The fourth-order valence-corrected chi connectivity index (χ4v) is 2.00. The zero-order chi connectivity index (χ0) is 11.1. The van der Waals surface area contributed by atoms with Crippen LogP contribution in [-0.4, -0.2) is 31.7 Å². The van der Waals surface area contributed by atoms with Crippen LogP contribution in [0, 0.1) is 5.92 Å². The third kappa shape index (κ3) is 5.68. The van der Waals surface area contributed by atoms with Gasteiger partial charge in [-0.15, -0.1) is 12.4 Å². The highest BCUT2D eigenvalue weighted by Gasteiger charge is 2.21. The van der Waals surface area contributed by atoms with E-state index in [0.717, 1.165) is 6.42 Å². The van der Waals surface area contributed by atoms with Crippen LogP contribution in [0.1, 0.15) is 32.6 Å². The molecule has 1 aliphatic carbocycles. The topological polar surface area (TPSA) is 64.3 Å². The van der Waals surface area contributed by atoms with Crippen LogP contribution in [0.4, 0.5) is 0 Å². The van der Waals surface area contributed by atoms with Crippen LogP contribution in [0.3, 0.4) is 0 Å². The van der Waals surface area contributed by atoms with Gasteiger partial charge in [0.1, 0.15) is 0 Å². The van der Waals surface area contributed by atoms with Crippen LogP contribution >= 0.6 is 12.4 Å². The number of ether oxygens (including phenoxy) is 1. The van der Waals surface area contributed by atoms with E-state index >= 15 is 0 Å². The van der Waals surface area contributed by atoms with Crippen LogP contribution in [0.2, 0.25) is 0 Å².